The van der Waals surface area contributed by atoms with Crippen molar-refractivity contribution in [3.8, 4) is 0 Å². The maximum Gasteiger partial charge on any atom is 0.225 e. The molecule has 1 atom stereocenters. The number of nitrogens with one attached hydrogen (secondary N) is 2. The summed E-state index contributed by atoms with van der Waals surface area (Å²) in [5, 5.41) is 9.45. The Kier molecular flexibility index (Phi) is 3.73. The normalized spacial score (nSPS) is 22.3. The molecule has 0 bridgehead atoms. The molecule has 0 aromatic carbocycles. The topological polar surface area (TPSA) is 68.3 Å². The summed E-state index contributed by atoms with van der Waals surface area (Å²) in [6.45, 7) is 2.04. The molecule has 108 valence electrons. The van der Waals surface area contributed by atoms with Crippen molar-refractivity contribution in [2.75, 3.05) is 44.5 Å². The van der Waals surface area contributed by atoms with Gasteiger partial charge in [-0.2, -0.15) is 4.98 Å². The van der Waals surface area contributed by atoms with Gasteiger partial charge in [-0.1, -0.05) is 0 Å². The van der Waals surface area contributed by atoms with E-state index in [0.29, 0.717) is 19.1 Å². The molecule has 0 spiro atoms. The first kappa shape index (κ1) is 13.5. The maximum atomic E-state index is 5.63. The fraction of sp³-hybridized carbons (Fsp3) is 0.538. The quantitative estimate of drug-likeness (QED) is 0.878. The van der Waals surface area contributed by atoms with E-state index in [1.807, 2.05) is 18.5 Å². The zero-order valence-electron chi connectivity index (χ0n) is 11.6. The second kappa shape index (κ2) is 5.51. The first-order valence-corrected chi connectivity index (χ1v) is 7.44. The third-order valence-corrected chi connectivity index (χ3v) is 4.43. The third-order valence-electron chi connectivity index (χ3n) is 3.63. The molecule has 1 fully saturated rings. The Bertz CT molecular complexity index is 595. The molecule has 3 rings (SSSR count). The van der Waals surface area contributed by atoms with Crippen LogP contribution in [0.4, 0.5) is 11.8 Å². The second-order valence-corrected chi connectivity index (χ2v) is 5.72. The Hall–Kier alpha value is -1.44. The number of thiophene rings is 1. The molecule has 0 aliphatic carbocycles. The van der Waals surface area contributed by atoms with Gasteiger partial charge in [-0.15, -0.1) is 11.3 Å². The van der Waals surface area contributed by atoms with Gasteiger partial charge in [0.2, 0.25) is 5.95 Å². The van der Waals surface area contributed by atoms with Gasteiger partial charge in [-0.3, -0.25) is 0 Å². The minimum Gasteiger partial charge on any atom is -0.378 e. The van der Waals surface area contributed by atoms with Crippen LogP contribution in [0, 0.1) is 0 Å². The molecule has 0 amide bonds. The van der Waals surface area contributed by atoms with Crippen LogP contribution in [0.2, 0.25) is 0 Å². The van der Waals surface area contributed by atoms with Crippen LogP contribution in [0.1, 0.15) is 6.42 Å². The van der Waals surface area contributed by atoms with Gasteiger partial charge in [-0.05, 0) is 11.4 Å². The summed E-state index contributed by atoms with van der Waals surface area (Å²) >= 11 is 1.61. The lowest BCUT2D eigenvalue weighted by molar-refractivity contribution is -0.00623. The van der Waals surface area contributed by atoms with E-state index in [4.69, 9.17) is 9.47 Å². The maximum absolute atomic E-state index is 5.63. The standard InChI is InChI=1S/C13H18N4O2S/c1-14-12-16-10(9-3-6-20-11(9)17-12)15-7-13(18-2)4-5-19-8-13/h3,6H,4-5,7-8H2,1-2H3,(H2,14,15,16,17). The zero-order chi connectivity index (χ0) is 14.0. The first-order chi connectivity index (χ1) is 9.76. The molecule has 3 heterocycles. The van der Waals surface area contributed by atoms with Crippen LogP contribution < -0.4 is 10.6 Å². The number of fused-ring (bicyclic) bond motifs is 1. The molecule has 0 radical (unpaired) electrons. The van der Waals surface area contributed by atoms with Crippen LogP contribution in [0.25, 0.3) is 10.2 Å². The van der Waals surface area contributed by atoms with Gasteiger partial charge in [0.25, 0.3) is 0 Å². The van der Waals surface area contributed by atoms with Crippen molar-refractivity contribution in [3.05, 3.63) is 11.4 Å². The summed E-state index contributed by atoms with van der Waals surface area (Å²) in [7, 11) is 3.55. The number of hydrogen-bond donors (Lipinski definition) is 2. The largest absolute Gasteiger partial charge is 0.378 e. The summed E-state index contributed by atoms with van der Waals surface area (Å²) in [5.41, 5.74) is -0.257. The number of anilines is 2. The Morgan fingerprint density at radius 1 is 1.50 bits per heavy atom. The molecule has 1 aliphatic rings. The van der Waals surface area contributed by atoms with E-state index in [-0.39, 0.29) is 5.60 Å². The van der Waals surface area contributed by atoms with Crippen molar-refractivity contribution in [3.63, 3.8) is 0 Å². The van der Waals surface area contributed by atoms with Crippen molar-refractivity contribution in [2.45, 2.75) is 12.0 Å². The number of ether oxygens (including phenoxy) is 2. The molecule has 0 saturated carbocycles. The fourth-order valence-electron chi connectivity index (χ4n) is 2.31. The highest BCUT2D eigenvalue weighted by molar-refractivity contribution is 7.16. The Balaban J connectivity index is 1.84. The number of rotatable bonds is 5. The van der Waals surface area contributed by atoms with Crippen LogP contribution in [-0.4, -0.2) is 49.5 Å². The molecule has 6 nitrogen and oxygen atoms in total. The lowest BCUT2D eigenvalue weighted by Gasteiger charge is -2.26. The Labute approximate surface area is 121 Å². The van der Waals surface area contributed by atoms with E-state index in [0.717, 1.165) is 29.1 Å². The molecule has 2 N–H and O–H groups in total. The SMILES string of the molecule is CNc1nc(NCC2(OC)CCOC2)c2ccsc2n1. The zero-order valence-corrected chi connectivity index (χ0v) is 12.4. The highest BCUT2D eigenvalue weighted by Crippen LogP contribution is 2.28. The van der Waals surface area contributed by atoms with Gasteiger partial charge in [0.1, 0.15) is 16.2 Å². The first-order valence-electron chi connectivity index (χ1n) is 6.56. The van der Waals surface area contributed by atoms with Crippen LogP contribution >= 0.6 is 11.3 Å². The van der Waals surface area contributed by atoms with Gasteiger partial charge >= 0.3 is 0 Å². The fourth-order valence-corrected chi connectivity index (χ4v) is 3.07. The minimum absolute atomic E-state index is 0.257. The van der Waals surface area contributed by atoms with Gasteiger partial charge in [-0.25, -0.2) is 4.98 Å². The molecule has 2 aromatic heterocycles. The molecule has 2 aromatic rings. The number of nitrogens with zero attached hydrogens (tertiary/aromatic N) is 2. The highest BCUT2D eigenvalue weighted by Gasteiger charge is 2.35. The summed E-state index contributed by atoms with van der Waals surface area (Å²) in [5.74, 6) is 1.46. The van der Waals surface area contributed by atoms with Crippen molar-refractivity contribution in [1.29, 1.82) is 0 Å². The van der Waals surface area contributed by atoms with Crippen molar-refractivity contribution in [2.24, 2.45) is 0 Å². The summed E-state index contributed by atoms with van der Waals surface area (Å²) in [4.78, 5) is 9.90. The number of aromatic nitrogens is 2. The van der Waals surface area contributed by atoms with Crippen molar-refractivity contribution in [1.82, 2.24) is 9.97 Å². The van der Waals surface area contributed by atoms with E-state index in [1.165, 1.54) is 0 Å². The molecule has 1 aliphatic heterocycles. The Morgan fingerprint density at radius 3 is 3.10 bits per heavy atom. The Morgan fingerprint density at radius 2 is 2.40 bits per heavy atom. The predicted octanol–water partition coefficient (Wildman–Crippen LogP) is 1.95. The summed E-state index contributed by atoms with van der Waals surface area (Å²) < 4.78 is 11.1. The molecular formula is C13H18N4O2S. The summed E-state index contributed by atoms with van der Waals surface area (Å²) in [6.07, 6.45) is 0.896. The van der Waals surface area contributed by atoms with Crippen LogP contribution in [0.5, 0.6) is 0 Å². The highest BCUT2D eigenvalue weighted by atomic mass is 32.1. The average molecular weight is 294 g/mol. The monoisotopic (exact) mass is 294 g/mol. The molecule has 7 heteroatoms. The van der Waals surface area contributed by atoms with Gasteiger partial charge in [0.15, 0.2) is 0 Å². The lowest BCUT2D eigenvalue weighted by Crippen LogP contribution is -2.39. The molecule has 20 heavy (non-hydrogen) atoms. The average Bonchev–Trinajstić information content (AvgIpc) is 3.14. The number of methoxy groups -OCH3 is 1. The van der Waals surface area contributed by atoms with Crippen LogP contribution in [0.3, 0.4) is 0 Å². The van der Waals surface area contributed by atoms with E-state index < -0.39 is 0 Å². The van der Waals surface area contributed by atoms with E-state index >= 15 is 0 Å². The summed E-state index contributed by atoms with van der Waals surface area (Å²) in [6, 6.07) is 2.03. The lowest BCUT2D eigenvalue weighted by atomic mass is 10.0. The van der Waals surface area contributed by atoms with Crippen molar-refractivity contribution >= 4 is 33.3 Å². The predicted molar refractivity (Wildman–Crippen MR) is 80.6 cm³/mol. The van der Waals surface area contributed by atoms with E-state index in [2.05, 4.69) is 20.6 Å². The third kappa shape index (κ3) is 2.44. The van der Waals surface area contributed by atoms with E-state index in [1.54, 1.807) is 18.4 Å². The van der Waals surface area contributed by atoms with Crippen LogP contribution in [0.15, 0.2) is 11.4 Å². The van der Waals surface area contributed by atoms with Gasteiger partial charge < -0.3 is 20.1 Å². The minimum atomic E-state index is -0.257. The smallest absolute Gasteiger partial charge is 0.225 e. The molecule has 1 saturated heterocycles. The second-order valence-electron chi connectivity index (χ2n) is 4.83. The van der Waals surface area contributed by atoms with Crippen molar-refractivity contribution < 1.29 is 9.47 Å². The number of hydrogen-bond acceptors (Lipinski definition) is 7. The molecule has 1 unspecified atom stereocenters. The van der Waals surface area contributed by atoms with Gasteiger partial charge in [0.05, 0.1) is 12.0 Å². The van der Waals surface area contributed by atoms with E-state index in [9.17, 15) is 0 Å². The van der Waals surface area contributed by atoms with Gasteiger partial charge in [0, 0.05) is 33.7 Å². The van der Waals surface area contributed by atoms with Crippen LogP contribution in [-0.2, 0) is 9.47 Å². The molecular weight excluding hydrogens is 276 g/mol.